The molecule has 0 saturated carbocycles. The summed E-state index contributed by atoms with van der Waals surface area (Å²) in [5.74, 6) is -0.786. The Hall–Kier alpha value is -2.62. The highest BCUT2D eigenvalue weighted by molar-refractivity contribution is 7.91. The van der Waals surface area contributed by atoms with Crippen molar-refractivity contribution in [2.45, 2.75) is 38.2 Å². The van der Waals surface area contributed by atoms with Crippen molar-refractivity contribution >= 4 is 15.7 Å². The number of nitrogens with zero attached hydrogens (tertiary/aromatic N) is 2. The number of amides is 1. The van der Waals surface area contributed by atoms with E-state index < -0.39 is 22.2 Å². The second kappa shape index (κ2) is 9.03. The molecule has 10 heteroatoms. The van der Waals surface area contributed by atoms with E-state index in [2.05, 4.69) is 9.72 Å². The Balaban J connectivity index is 1.74. The monoisotopic (exact) mass is 442 g/mol. The fraction of sp³-hybridized carbons (Fsp3) is 0.400. The number of alkyl halides is 3. The van der Waals surface area contributed by atoms with Gasteiger partial charge in [-0.15, -0.1) is 13.2 Å². The Kier molecular flexibility index (Phi) is 6.64. The second-order valence-electron chi connectivity index (χ2n) is 7.10. The standard InChI is InChI=1S/C20H21F3N2O4S/c21-20(22,23)29-18-6-2-1-5-16(18)7-8-19(26)25(13-15-4-3-10-24-12-15)17-9-11-30(27,28)14-17/h1-6,10,12,17H,7-9,11,13-14H2. The van der Waals surface area contributed by atoms with Crippen LogP contribution in [0, 0.1) is 0 Å². The quantitative estimate of drug-likeness (QED) is 0.659. The zero-order valence-electron chi connectivity index (χ0n) is 16.0. The molecule has 1 aromatic carbocycles. The van der Waals surface area contributed by atoms with Crippen molar-refractivity contribution in [2.75, 3.05) is 11.5 Å². The number of carbonyl (C=O) groups is 1. The summed E-state index contributed by atoms with van der Waals surface area (Å²) in [7, 11) is -3.21. The third-order valence-corrected chi connectivity index (χ3v) is 6.60. The SMILES string of the molecule is O=C(CCc1ccccc1OC(F)(F)F)N(Cc1cccnc1)C1CCS(=O)(=O)C1. The van der Waals surface area contributed by atoms with Gasteiger partial charge in [-0.1, -0.05) is 24.3 Å². The maximum atomic E-state index is 13.0. The van der Waals surface area contributed by atoms with Gasteiger partial charge in [-0.2, -0.15) is 0 Å². The molecule has 1 atom stereocenters. The van der Waals surface area contributed by atoms with Crippen molar-refractivity contribution in [2.24, 2.45) is 0 Å². The van der Waals surface area contributed by atoms with Gasteiger partial charge in [-0.05, 0) is 36.1 Å². The highest BCUT2D eigenvalue weighted by atomic mass is 32.2. The Morgan fingerprint density at radius 2 is 1.97 bits per heavy atom. The number of benzene rings is 1. The minimum Gasteiger partial charge on any atom is -0.406 e. The van der Waals surface area contributed by atoms with Crippen LogP contribution in [0.3, 0.4) is 0 Å². The fourth-order valence-corrected chi connectivity index (χ4v) is 5.18. The van der Waals surface area contributed by atoms with Crippen LogP contribution in [-0.2, 0) is 27.6 Å². The number of rotatable bonds is 7. The number of hydrogen-bond acceptors (Lipinski definition) is 5. The number of ether oxygens (including phenoxy) is 1. The van der Waals surface area contributed by atoms with E-state index in [0.29, 0.717) is 6.42 Å². The second-order valence-corrected chi connectivity index (χ2v) is 9.32. The highest BCUT2D eigenvalue weighted by Gasteiger charge is 2.35. The van der Waals surface area contributed by atoms with Crippen LogP contribution in [0.2, 0.25) is 0 Å². The van der Waals surface area contributed by atoms with Crippen LogP contribution in [0.1, 0.15) is 24.0 Å². The molecule has 1 aliphatic rings. The van der Waals surface area contributed by atoms with Crippen molar-refractivity contribution in [3.05, 3.63) is 59.9 Å². The van der Waals surface area contributed by atoms with E-state index in [9.17, 15) is 26.4 Å². The first-order chi connectivity index (χ1) is 14.1. The van der Waals surface area contributed by atoms with Crippen molar-refractivity contribution in [1.82, 2.24) is 9.88 Å². The van der Waals surface area contributed by atoms with E-state index in [1.165, 1.54) is 23.1 Å². The van der Waals surface area contributed by atoms with Crippen LogP contribution < -0.4 is 4.74 Å². The van der Waals surface area contributed by atoms with Crippen molar-refractivity contribution < 1.29 is 31.1 Å². The smallest absolute Gasteiger partial charge is 0.406 e. The average Bonchev–Trinajstić information content (AvgIpc) is 3.04. The van der Waals surface area contributed by atoms with Crippen LogP contribution in [0.5, 0.6) is 5.75 Å². The molecule has 3 rings (SSSR count). The van der Waals surface area contributed by atoms with E-state index >= 15 is 0 Å². The number of hydrogen-bond donors (Lipinski definition) is 0. The summed E-state index contributed by atoms with van der Waals surface area (Å²) < 4.78 is 65.7. The topological polar surface area (TPSA) is 76.6 Å². The van der Waals surface area contributed by atoms with Gasteiger partial charge in [-0.25, -0.2) is 8.42 Å². The predicted molar refractivity (Wildman–Crippen MR) is 103 cm³/mol. The predicted octanol–water partition coefficient (Wildman–Crippen LogP) is 3.13. The Labute approximate surface area is 172 Å². The third kappa shape index (κ3) is 6.19. The lowest BCUT2D eigenvalue weighted by atomic mass is 10.1. The molecule has 1 aromatic heterocycles. The van der Waals surface area contributed by atoms with E-state index in [-0.39, 0.29) is 48.1 Å². The molecule has 0 bridgehead atoms. The van der Waals surface area contributed by atoms with E-state index in [4.69, 9.17) is 0 Å². The molecule has 1 unspecified atom stereocenters. The first-order valence-electron chi connectivity index (χ1n) is 9.35. The molecule has 0 N–H and O–H groups in total. The summed E-state index contributed by atoms with van der Waals surface area (Å²) in [5, 5.41) is 0. The Morgan fingerprint density at radius 3 is 2.60 bits per heavy atom. The summed E-state index contributed by atoms with van der Waals surface area (Å²) in [6.45, 7) is 0.188. The summed E-state index contributed by atoms with van der Waals surface area (Å²) in [6, 6.07) is 8.69. The third-order valence-electron chi connectivity index (χ3n) is 4.85. The minimum atomic E-state index is -4.83. The average molecular weight is 442 g/mol. The van der Waals surface area contributed by atoms with E-state index in [1.54, 1.807) is 30.6 Å². The van der Waals surface area contributed by atoms with Gasteiger partial charge in [0.15, 0.2) is 9.84 Å². The van der Waals surface area contributed by atoms with Gasteiger partial charge >= 0.3 is 6.36 Å². The van der Waals surface area contributed by atoms with Crippen molar-refractivity contribution in [3.63, 3.8) is 0 Å². The Bertz CT molecular complexity index is 981. The normalized spacial score (nSPS) is 18.2. The lowest BCUT2D eigenvalue weighted by molar-refractivity contribution is -0.274. The van der Waals surface area contributed by atoms with Crippen LogP contribution in [0.4, 0.5) is 13.2 Å². The number of pyridine rings is 1. The molecule has 2 aromatic rings. The van der Waals surface area contributed by atoms with Gasteiger partial charge < -0.3 is 9.64 Å². The van der Waals surface area contributed by atoms with Gasteiger partial charge in [-0.3, -0.25) is 9.78 Å². The molecular formula is C20H21F3N2O4S. The molecule has 0 radical (unpaired) electrons. The number of aromatic nitrogens is 1. The van der Waals surface area contributed by atoms with E-state index in [0.717, 1.165) is 5.56 Å². The number of para-hydroxylation sites is 1. The van der Waals surface area contributed by atoms with E-state index in [1.807, 2.05) is 0 Å². The number of halogens is 3. The van der Waals surface area contributed by atoms with Crippen molar-refractivity contribution in [3.8, 4) is 5.75 Å². The zero-order valence-corrected chi connectivity index (χ0v) is 16.8. The van der Waals surface area contributed by atoms with Gasteiger partial charge in [0, 0.05) is 31.4 Å². The molecule has 1 fully saturated rings. The number of carbonyl (C=O) groups excluding carboxylic acids is 1. The molecule has 2 heterocycles. The summed E-state index contributed by atoms with van der Waals surface area (Å²) in [6.07, 6.45) is -1.35. The van der Waals surface area contributed by atoms with Crippen LogP contribution in [0.15, 0.2) is 48.8 Å². The van der Waals surface area contributed by atoms with Crippen LogP contribution >= 0.6 is 0 Å². The maximum absolute atomic E-state index is 13.0. The minimum absolute atomic E-state index is 0.0107. The van der Waals surface area contributed by atoms with Crippen LogP contribution in [-0.4, -0.2) is 48.1 Å². The van der Waals surface area contributed by atoms with Crippen molar-refractivity contribution in [1.29, 1.82) is 0 Å². The molecule has 162 valence electrons. The van der Waals surface area contributed by atoms with Gasteiger partial charge in [0.05, 0.1) is 11.5 Å². The lowest BCUT2D eigenvalue weighted by Crippen LogP contribution is -2.40. The molecular weight excluding hydrogens is 421 g/mol. The summed E-state index contributed by atoms with van der Waals surface area (Å²) in [5.41, 5.74) is 1.000. The first kappa shape index (κ1) is 22.1. The summed E-state index contributed by atoms with van der Waals surface area (Å²) >= 11 is 0. The van der Waals surface area contributed by atoms with Gasteiger partial charge in [0.2, 0.25) is 5.91 Å². The van der Waals surface area contributed by atoms with Gasteiger partial charge in [0.1, 0.15) is 5.75 Å². The molecule has 1 aliphatic heterocycles. The summed E-state index contributed by atoms with van der Waals surface area (Å²) in [4.78, 5) is 18.5. The molecule has 6 nitrogen and oxygen atoms in total. The van der Waals surface area contributed by atoms with Crippen LogP contribution in [0.25, 0.3) is 0 Å². The fourth-order valence-electron chi connectivity index (χ4n) is 3.45. The number of sulfone groups is 1. The zero-order chi connectivity index (χ0) is 21.8. The molecule has 0 spiro atoms. The highest BCUT2D eigenvalue weighted by Crippen LogP contribution is 2.28. The molecule has 1 amide bonds. The molecule has 30 heavy (non-hydrogen) atoms. The molecule has 1 saturated heterocycles. The maximum Gasteiger partial charge on any atom is 0.573 e. The van der Waals surface area contributed by atoms with Gasteiger partial charge in [0.25, 0.3) is 0 Å². The Morgan fingerprint density at radius 1 is 1.20 bits per heavy atom. The molecule has 0 aliphatic carbocycles. The first-order valence-corrected chi connectivity index (χ1v) is 11.2. The number of aryl methyl sites for hydroxylation is 1. The largest absolute Gasteiger partial charge is 0.573 e. The lowest BCUT2D eigenvalue weighted by Gasteiger charge is -2.28.